The molecule has 0 aliphatic carbocycles. The maximum atomic E-state index is 13.1. The fourth-order valence-corrected chi connectivity index (χ4v) is 14.6. The van der Waals surface area contributed by atoms with E-state index in [-0.39, 0.29) is 13.7 Å². The van der Waals surface area contributed by atoms with Crippen LogP contribution in [0.3, 0.4) is 0 Å². The first-order valence-corrected chi connectivity index (χ1v) is 33.6. The summed E-state index contributed by atoms with van der Waals surface area (Å²) in [7, 11) is 1.41. The second-order valence-electron chi connectivity index (χ2n) is 29.2. The minimum Gasteiger partial charge on any atom is -0.465 e. The molecule has 4 aliphatic rings. The second-order valence-corrected chi connectivity index (χ2v) is 29.2. The summed E-state index contributed by atoms with van der Waals surface area (Å²) in [6, 6.07) is 30.6. The van der Waals surface area contributed by atoms with E-state index in [2.05, 4.69) is 283 Å². The number of hydrogen-bond acceptors (Lipinski definition) is 12. The number of benzene rings is 6. The number of rotatable bonds is 14. The van der Waals surface area contributed by atoms with E-state index >= 15 is 0 Å². The Morgan fingerprint density at radius 2 is 0.625 bits per heavy atom. The number of hydrogen-bond donors (Lipinski definition) is 0. The summed E-state index contributed by atoms with van der Waals surface area (Å²) >= 11 is 0. The van der Waals surface area contributed by atoms with Crippen molar-refractivity contribution in [3.63, 3.8) is 0 Å². The first kappa shape index (κ1) is 72.3. The van der Waals surface area contributed by atoms with E-state index in [1.807, 2.05) is 36.7 Å². The molecule has 0 spiro atoms. The third kappa shape index (κ3) is 14.4. The molecule has 96 heavy (non-hydrogen) atoms. The molecule has 6 aromatic rings. The van der Waals surface area contributed by atoms with Crippen molar-refractivity contribution < 1.29 is 37.7 Å². The molecular formula is C80H100B4N4O8. The Kier molecular flexibility index (Phi) is 21.0. The van der Waals surface area contributed by atoms with Gasteiger partial charge in [-0.05, 0) is 247 Å². The van der Waals surface area contributed by atoms with Crippen LogP contribution in [0.15, 0.2) is 157 Å². The zero-order valence-electron chi connectivity index (χ0n) is 62.1. The van der Waals surface area contributed by atoms with Crippen LogP contribution >= 0.6 is 0 Å². The molecule has 2 saturated heterocycles. The van der Waals surface area contributed by atoms with E-state index in [0.717, 1.165) is 45.0 Å². The molecule has 0 radical (unpaired) electrons. The van der Waals surface area contributed by atoms with Crippen molar-refractivity contribution in [1.29, 1.82) is 0 Å². The highest BCUT2D eigenvalue weighted by Crippen LogP contribution is 2.43. The van der Waals surface area contributed by atoms with Crippen molar-refractivity contribution >= 4 is 73.4 Å². The molecule has 12 nitrogen and oxygen atoms in total. The Balaban J connectivity index is 0.000000225. The van der Waals surface area contributed by atoms with Crippen LogP contribution in [0.2, 0.25) is 0 Å². The van der Waals surface area contributed by atoms with Crippen LogP contribution in [0.1, 0.15) is 144 Å². The molecule has 2 fully saturated rings. The average Bonchev–Trinajstić information content (AvgIpc) is 1.02. The SMILES string of the molecule is COC(=O)C1=C/C(=C\N(B2OC(C)(C)C(C)(C)O2)c2c(C)cccc2C)N(B(c2c(C)cc(C)cc2C)c2c(C)cc(C)cc2C)C=C1.COC(=O)C1=C/C(=C\N(B2OC(C)(C)C(C)(C)O2)c2c(C)cccc2C)N(B(c2c(C)cc(C)cc2C)c2c(C)cc(C)cc2C)C=C1. The molecular weight excluding hydrogens is 1190 g/mol. The first-order chi connectivity index (χ1) is 44.9. The van der Waals surface area contributed by atoms with E-state index in [4.69, 9.17) is 28.1 Å². The number of allylic oxidation sites excluding steroid dienone is 2. The summed E-state index contributed by atoms with van der Waals surface area (Å²) in [6.07, 6.45) is 15.7. The third-order valence-corrected chi connectivity index (χ3v) is 20.4. The molecule has 500 valence electrons. The summed E-state index contributed by atoms with van der Waals surface area (Å²) in [5, 5.41) is 0. The van der Waals surface area contributed by atoms with Gasteiger partial charge in [0.2, 0.25) is 0 Å². The summed E-state index contributed by atoms with van der Waals surface area (Å²) in [4.78, 5) is 34.9. The Hall–Kier alpha value is -8.00. The lowest BCUT2D eigenvalue weighted by Gasteiger charge is -2.37. The van der Waals surface area contributed by atoms with Gasteiger partial charge in [0, 0.05) is 35.2 Å². The molecule has 6 aromatic carbocycles. The van der Waals surface area contributed by atoms with E-state index < -0.39 is 48.8 Å². The number of aryl methyl sites for hydroxylation is 16. The van der Waals surface area contributed by atoms with Crippen molar-refractivity contribution in [2.24, 2.45) is 0 Å². The highest BCUT2D eigenvalue weighted by Gasteiger charge is 2.56. The highest BCUT2D eigenvalue weighted by atomic mass is 16.7. The quantitative estimate of drug-likeness (QED) is 0.0766. The van der Waals surface area contributed by atoms with Crippen LogP contribution in [0.4, 0.5) is 11.4 Å². The number of para-hydroxylation sites is 2. The maximum Gasteiger partial charge on any atom is 0.598 e. The Morgan fingerprint density at radius 3 is 0.844 bits per heavy atom. The first-order valence-electron chi connectivity index (χ1n) is 33.6. The van der Waals surface area contributed by atoms with Crippen LogP contribution in [0.5, 0.6) is 0 Å². The fraction of sp³-hybridized carbons (Fsp3) is 0.375. The van der Waals surface area contributed by atoms with E-state index in [9.17, 15) is 9.59 Å². The predicted octanol–water partition coefficient (Wildman–Crippen LogP) is 14.3. The number of methoxy groups -OCH3 is 2. The zero-order chi connectivity index (χ0) is 70.6. The summed E-state index contributed by atoms with van der Waals surface area (Å²) in [5.41, 5.74) is 26.2. The zero-order valence-corrected chi connectivity index (χ0v) is 62.1. The summed E-state index contributed by atoms with van der Waals surface area (Å²) < 4.78 is 37.3. The predicted molar refractivity (Wildman–Crippen MR) is 400 cm³/mol. The van der Waals surface area contributed by atoms with Gasteiger partial charge < -0.3 is 47.3 Å². The van der Waals surface area contributed by atoms with Gasteiger partial charge in [0.1, 0.15) is 0 Å². The molecule has 4 aliphatic heterocycles. The van der Waals surface area contributed by atoms with Crippen molar-refractivity contribution in [3.05, 3.63) is 246 Å². The topological polar surface area (TPSA) is 102 Å². The van der Waals surface area contributed by atoms with E-state index in [1.54, 1.807) is 0 Å². The van der Waals surface area contributed by atoms with Crippen LogP contribution in [-0.4, -0.2) is 86.4 Å². The van der Waals surface area contributed by atoms with Gasteiger partial charge >= 0.3 is 40.1 Å². The van der Waals surface area contributed by atoms with Gasteiger partial charge in [-0.15, -0.1) is 0 Å². The Bertz CT molecular complexity index is 3700. The molecule has 0 amide bonds. The largest absolute Gasteiger partial charge is 0.598 e. The van der Waals surface area contributed by atoms with E-state index in [1.165, 1.54) is 103 Å². The van der Waals surface area contributed by atoms with Gasteiger partial charge in [-0.3, -0.25) is 0 Å². The second kappa shape index (κ2) is 27.9. The van der Waals surface area contributed by atoms with Crippen LogP contribution in [0, 0.1) is 111 Å². The molecule has 0 atom stereocenters. The third-order valence-electron chi connectivity index (χ3n) is 20.4. The van der Waals surface area contributed by atoms with Crippen molar-refractivity contribution in [2.75, 3.05) is 23.8 Å². The highest BCUT2D eigenvalue weighted by molar-refractivity contribution is 6.85. The van der Waals surface area contributed by atoms with Crippen molar-refractivity contribution in [2.45, 2.75) is 189 Å². The van der Waals surface area contributed by atoms with Gasteiger partial charge in [-0.1, -0.05) is 152 Å². The molecule has 0 N–H and O–H groups in total. The Morgan fingerprint density at radius 1 is 0.396 bits per heavy atom. The maximum absolute atomic E-state index is 13.1. The normalized spacial score (nSPS) is 17.5. The molecule has 4 heterocycles. The van der Waals surface area contributed by atoms with Crippen LogP contribution in [0.25, 0.3) is 0 Å². The Labute approximate surface area is 575 Å². The molecule has 0 saturated carbocycles. The smallest absolute Gasteiger partial charge is 0.465 e. The molecule has 0 unspecified atom stereocenters. The minimum absolute atomic E-state index is 0.192. The van der Waals surface area contributed by atoms with Gasteiger partial charge in [-0.25, -0.2) is 9.59 Å². The number of ether oxygens (including phenoxy) is 2. The van der Waals surface area contributed by atoms with Crippen LogP contribution < -0.4 is 31.5 Å². The van der Waals surface area contributed by atoms with Crippen LogP contribution in [-0.2, 0) is 37.7 Å². The lowest BCUT2D eigenvalue weighted by Crippen LogP contribution is -2.58. The lowest BCUT2D eigenvalue weighted by molar-refractivity contribution is -0.136. The van der Waals surface area contributed by atoms with Crippen molar-refractivity contribution in [1.82, 2.24) is 9.62 Å². The standard InChI is InChI=1S/2C40H50B2N2O4/c2*1-25-19-29(5)35(30(6)20-25)41(36-31(7)21-26(2)22-32(36)8)43-18-17-33(38(45)46-13)23-34(43)24-44(37-27(3)15-14-16-28(37)4)42-47-39(9,10)40(11,12)48-42/h2*14-24H,1-13H3/b2*34-24+. The number of carbonyl (C=O) groups excluding carboxylic acids is 2. The monoisotopic (exact) mass is 1290 g/mol. The average molecular weight is 1290 g/mol. The number of esters is 2. The fourth-order valence-electron chi connectivity index (χ4n) is 14.6. The molecule has 16 heteroatoms. The molecule has 0 aromatic heterocycles. The van der Waals surface area contributed by atoms with Crippen molar-refractivity contribution in [3.8, 4) is 0 Å². The summed E-state index contributed by atoms with van der Waals surface area (Å²) in [6.45, 7) is 50.7. The number of anilines is 2. The van der Waals surface area contributed by atoms with Gasteiger partial charge in [0.25, 0.3) is 0 Å². The van der Waals surface area contributed by atoms with Gasteiger partial charge in [0.15, 0.2) is 0 Å². The number of carbonyl (C=O) groups is 2. The van der Waals surface area contributed by atoms with E-state index in [0.29, 0.717) is 11.1 Å². The minimum atomic E-state index is -0.714. The van der Waals surface area contributed by atoms with Gasteiger partial charge in [-0.2, -0.15) is 0 Å². The number of nitrogens with zero attached hydrogens (tertiary/aromatic N) is 4. The summed E-state index contributed by atoms with van der Waals surface area (Å²) in [5.74, 6) is -0.791. The van der Waals surface area contributed by atoms with Gasteiger partial charge in [0.05, 0.1) is 47.8 Å². The molecule has 10 rings (SSSR count). The molecule has 0 bridgehead atoms. The lowest BCUT2D eigenvalue weighted by atomic mass is 9.45.